The molecule has 0 aliphatic carbocycles. The maximum absolute atomic E-state index is 5.92. The largest absolute Gasteiger partial charge is 0.378 e. The Labute approximate surface area is 191 Å². The summed E-state index contributed by atoms with van der Waals surface area (Å²) in [4.78, 5) is 13.5. The van der Waals surface area contributed by atoms with Crippen LogP contribution in [0.5, 0.6) is 0 Å². The minimum atomic E-state index is 0.294. The molecule has 6 heteroatoms. The monoisotopic (exact) mass is 430 g/mol. The lowest BCUT2D eigenvalue weighted by atomic mass is 9.99. The Morgan fingerprint density at radius 1 is 0.969 bits per heavy atom. The van der Waals surface area contributed by atoms with Gasteiger partial charge >= 0.3 is 0 Å². The zero-order valence-electron chi connectivity index (χ0n) is 19.2. The second kappa shape index (κ2) is 10.5. The molecule has 0 saturated carbocycles. The van der Waals surface area contributed by atoms with Gasteiger partial charge in [-0.25, -0.2) is 4.98 Å². The first-order valence-corrected chi connectivity index (χ1v) is 11.6. The van der Waals surface area contributed by atoms with Crippen molar-refractivity contribution in [2.24, 2.45) is 0 Å². The molecule has 2 heterocycles. The normalized spacial score (nSPS) is 14.3. The van der Waals surface area contributed by atoms with Gasteiger partial charge in [-0.3, -0.25) is 0 Å². The van der Waals surface area contributed by atoms with E-state index in [1.165, 1.54) is 49.2 Å². The molecule has 0 unspecified atom stereocenters. The Bertz CT molecular complexity index is 1030. The van der Waals surface area contributed by atoms with Crippen molar-refractivity contribution in [2.75, 3.05) is 56.2 Å². The maximum Gasteiger partial charge on any atom is 0.221 e. The van der Waals surface area contributed by atoms with Crippen LogP contribution in [-0.4, -0.2) is 55.1 Å². The Morgan fingerprint density at radius 2 is 1.69 bits per heavy atom. The van der Waals surface area contributed by atoms with Crippen LogP contribution in [0, 0.1) is 0 Å². The molecule has 0 amide bonds. The molecule has 1 fully saturated rings. The van der Waals surface area contributed by atoms with Gasteiger partial charge in [-0.15, -0.1) is 0 Å². The van der Waals surface area contributed by atoms with E-state index in [2.05, 4.69) is 87.7 Å². The van der Waals surface area contributed by atoms with E-state index in [9.17, 15) is 0 Å². The third-order valence-electron chi connectivity index (χ3n) is 6.07. The van der Waals surface area contributed by atoms with Gasteiger partial charge in [-0.05, 0) is 73.8 Å². The van der Waals surface area contributed by atoms with Crippen LogP contribution < -0.4 is 16.0 Å². The van der Waals surface area contributed by atoms with Crippen molar-refractivity contribution in [3.05, 3.63) is 54.7 Å². The molecule has 0 spiro atoms. The molecular weight excluding hydrogens is 396 g/mol. The summed E-state index contributed by atoms with van der Waals surface area (Å²) < 4.78 is 0. The molecule has 168 valence electrons. The van der Waals surface area contributed by atoms with Crippen molar-refractivity contribution in [1.29, 1.82) is 0 Å². The van der Waals surface area contributed by atoms with E-state index in [0.29, 0.717) is 5.95 Å². The molecule has 1 aliphatic rings. The number of aromatic nitrogens is 2. The topological polar surface area (TPSA) is 70.3 Å². The average molecular weight is 431 g/mol. The number of nitrogens with one attached hydrogen (secondary N) is 1. The van der Waals surface area contributed by atoms with Gasteiger partial charge in [0, 0.05) is 38.1 Å². The molecule has 3 N–H and O–H groups in total. The highest BCUT2D eigenvalue weighted by Gasteiger charge is 2.12. The quantitative estimate of drug-likeness (QED) is 0.503. The number of hydrogen-bond donors (Lipinski definition) is 2. The van der Waals surface area contributed by atoms with E-state index in [1.54, 1.807) is 0 Å². The van der Waals surface area contributed by atoms with Gasteiger partial charge in [-0.2, -0.15) is 4.98 Å². The number of nitrogen functional groups attached to an aromatic ring is 1. The fourth-order valence-corrected chi connectivity index (χ4v) is 4.26. The summed E-state index contributed by atoms with van der Waals surface area (Å²) in [7, 11) is 4.12. The van der Waals surface area contributed by atoms with Crippen LogP contribution in [0.4, 0.5) is 17.5 Å². The zero-order valence-corrected chi connectivity index (χ0v) is 19.2. The van der Waals surface area contributed by atoms with Crippen LogP contribution in [0.15, 0.2) is 54.7 Å². The molecule has 1 saturated heterocycles. The summed E-state index contributed by atoms with van der Waals surface area (Å²) in [5.41, 5.74) is 11.5. The number of rotatable bonds is 8. The number of anilines is 3. The van der Waals surface area contributed by atoms with Crippen LogP contribution >= 0.6 is 0 Å². The van der Waals surface area contributed by atoms with Crippen molar-refractivity contribution in [1.82, 2.24) is 14.9 Å². The van der Waals surface area contributed by atoms with Crippen molar-refractivity contribution >= 4 is 17.5 Å². The van der Waals surface area contributed by atoms with Crippen molar-refractivity contribution in [3.8, 4) is 22.3 Å². The zero-order chi connectivity index (χ0) is 22.3. The lowest BCUT2D eigenvalue weighted by Gasteiger charge is -2.26. The van der Waals surface area contributed by atoms with Crippen molar-refractivity contribution in [2.45, 2.75) is 25.7 Å². The van der Waals surface area contributed by atoms with Gasteiger partial charge < -0.3 is 20.9 Å². The molecule has 0 atom stereocenters. The fourth-order valence-electron chi connectivity index (χ4n) is 4.26. The Kier molecular flexibility index (Phi) is 7.22. The minimum absolute atomic E-state index is 0.294. The van der Waals surface area contributed by atoms with Gasteiger partial charge in [0.15, 0.2) is 0 Å². The van der Waals surface area contributed by atoms with Gasteiger partial charge in [-0.1, -0.05) is 36.8 Å². The lowest BCUT2D eigenvalue weighted by Crippen LogP contribution is -2.31. The fraction of sp³-hybridized carbons (Fsp3) is 0.385. The molecule has 6 nitrogen and oxygen atoms in total. The van der Waals surface area contributed by atoms with Crippen molar-refractivity contribution in [3.63, 3.8) is 0 Å². The van der Waals surface area contributed by atoms with Gasteiger partial charge in [0.2, 0.25) is 5.95 Å². The van der Waals surface area contributed by atoms with Crippen LogP contribution in [-0.2, 0) is 0 Å². The molecule has 2 aromatic carbocycles. The molecule has 3 aromatic rings. The van der Waals surface area contributed by atoms with E-state index in [4.69, 9.17) is 5.73 Å². The Morgan fingerprint density at radius 3 is 2.47 bits per heavy atom. The number of nitrogens with zero attached hydrogens (tertiary/aromatic N) is 4. The van der Waals surface area contributed by atoms with Crippen molar-refractivity contribution < 1.29 is 0 Å². The third-order valence-corrected chi connectivity index (χ3v) is 6.07. The third kappa shape index (κ3) is 5.56. The summed E-state index contributed by atoms with van der Waals surface area (Å²) in [5, 5.41) is 3.51. The SMILES string of the molecule is CN(C)c1cccc(-c2cccc(-c3cnc(N)nc3NCCCN3CCCCC3)c2)c1. The van der Waals surface area contributed by atoms with Crippen LogP contribution in [0.2, 0.25) is 0 Å². The summed E-state index contributed by atoms with van der Waals surface area (Å²) in [6.45, 7) is 4.45. The molecule has 1 aliphatic heterocycles. The molecule has 1 aromatic heterocycles. The second-order valence-electron chi connectivity index (χ2n) is 8.70. The maximum atomic E-state index is 5.92. The highest BCUT2D eigenvalue weighted by molar-refractivity contribution is 5.80. The molecule has 0 radical (unpaired) electrons. The van der Waals surface area contributed by atoms with Gasteiger partial charge in [0.25, 0.3) is 0 Å². The van der Waals surface area contributed by atoms with Crippen LogP contribution in [0.25, 0.3) is 22.3 Å². The van der Waals surface area contributed by atoms with E-state index in [0.717, 1.165) is 36.5 Å². The first-order chi connectivity index (χ1) is 15.6. The Balaban J connectivity index is 1.51. The standard InChI is InChI=1S/C26H34N6/c1-31(2)23-12-7-10-21(18-23)20-9-6-11-22(17-20)24-19-29-26(27)30-25(24)28-13-8-16-32-14-4-3-5-15-32/h6-7,9-12,17-19H,3-5,8,13-16H2,1-2H3,(H3,27,28,29,30). The van der Waals surface area contributed by atoms with Crippen LogP contribution in [0.3, 0.4) is 0 Å². The van der Waals surface area contributed by atoms with E-state index in [-0.39, 0.29) is 0 Å². The first kappa shape index (κ1) is 22.1. The molecular formula is C26H34N6. The molecule has 0 bridgehead atoms. The van der Waals surface area contributed by atoms with E-state index >= 15 is 0 Å². The predicted molar refractivity (Wildman–Crippen MR) is 135 cm³/mol. The number of benzene rings is 2. The smallest absolute Gasteiger partial charge is 0.221 e. The van der Waals surface area contributed by atoms with Crippen LogP contribution in [0.1, 0.15) is 25.7 Å². The molecule has 4 rings (SSSR count). The van der Waals surface area contributed by atoms with E-state index in [1.807, 2.05) is 6.20 Å². The number of piperidine rings is 1. The van der Waals surface area contributed by atoms with Gasteiger partial charge in [0.05, 0.1) is 0 Å². The summed E-state index contributed by atoms with van der Waals surface area (Å²) in [6, 6.07) is 17.1. The number of likely N-dealkylation sites (tertiary alicyclic amines) is 1. The van der Waals surface area contributed by atoms with Gasteiger partial charge in [0.1, 0.15) is 5.82 Å². The summed E-state index contributed by atoms with van der Waals surface area (Å²) in [5.74, 6) is 1.09. The molecule has 32 heavy (non-hydrogen) atoms. The first-order valence-electron chi connectivity index (χ1n) is 11.6. The highest BCUT2D eigenvalue weighted by atomic mass is 15.1. The Hall–Kier alpha value is -3.12. The second-order valence-corrected chi connectivity index (χ2v) is 8.70. The number of hydrogen-bond acceptors (Lipinski definition) is 6. The summed E-state index contributed by atoms with van der Waals surface area (Å²) in [6.07, 6.45) is 6.93. The highest BCUT2D eigenvalue weighted by Crippen LogP contribution is 2.31. The summed E-state index contributed by atoms with van der Waals surface area (Å²) >= 11 is 0. The minimum Gasteiger partial charge on any atom is -0.378 e. The average Bonchev–Trinajstić information content (AvgIpc) is 2.83. The van der Waals surface area contributed by atoms with E-state index < -0.39 is 0 Å². The lowest BCUT2D eigenvalue weighted by molar-refractivity contribution is 0.228. The predicted octanol–water partition coefficient (Wildman–Crippen LogP) is 4.75. The number of nitrogens with two attached hydrogens (primary N) is 1.